The van der Waals surface area contributed by atoms with Gasteiger partial charge in [-0.1, -0.05) is 36.9 Å². The van der Waals surface area contributed by atoms with E-state index in [4.69, 9.17) is 4.74 Å². The number of urea groups is 1. The van der Waals surface area contributed by atoms with Crippen molar-refractivity contribution < 1.29 is 9.53 Å². The van der Waals surface area contributed by atoms with E-state index in [1.54, 1.807) is 17.9 Å². The topological polar surface area (TPSA) is 50.6 Å². The lowest BCUT2D eigenvalue weighted by molar-refractivity contribution is -0.0183. The Hall–Kier alpha value is -2.86. The molecular weight excluding hydrogens is 352 g/mol. The van der Waals surface area contributed by atoms with Crippen LogP contribution in [0.15, 0.2) is 61.5 Å². The first-order valence-electron chi connectivity index (χ1n) is 9.58. The molecule has 2 aliphatic rings. The van der Waals surface area contributed by atoms with Crippen molar-refractivity contribution in [3.63, 3.8) is 0 Å². The number of benzene rings is 1. The van der Waals surface area contributed by atoms with Crippen LogP contribution in [0.25, 0.3) is 11.1 Å². The van der Waals surface area contributed by atoms with Crippen molar-refractivity contribution in [2.24, 2.45) is 7.05 Å². The van der Waals surface area contributed by atoms with Gasteiger partial charge in [-0.3, -0.25) is 14.5 Å². The fourth-order valence-corrected chi connectivity index (χ4v) is 3.95. The Morgan fingerprint density at radius 2 is 2.04 bits per heavy atom. The Bertz CT molecular complexity index is 896. The molecule has 2 fully saturated rings. The van der Waals surface area contributed by atoms with Crippen LogP contribution >= 0.6 is 0 Å². The van der Waals surface area contributed by atoms with Crippen molar-refractivity contribution in [3.8, 4) is 11.1 Å². The smallest absolute Gasteiger partial charge is 0.327 e. The molecule has 0 bridgehead atoms. The number of nitrogens with zero attached hydrogens (tertiary/aromatic N) is 4. The molecular formula is C22H26N4O2. The maximum atomic E-state index is 13.3. The molecule has 28 heavy (non-hydrogen) atoms. The molecule has 146 valence electrons. The van der Waals surface area contributed by atoms with E-state index in [1.807, 2.05) is 65.7 Å². The zero-order valence-corrected chi connectivity index (χ0v) is 16.4. The molecule has 1 spiro atoms. The molecule has 1 unspecified atom stereocenters. The van der Waals surface area contributed by atoms with Gasteiger partial charge in [-0.05, 0) is 30.5 Å². The third-order valence-corrected chi connectivity index (χ3v) is 5.61. The number of amides is 2. The summed E-state index contributed by atoms with van der Waals surface area (Å²) in [5.74, 6) is 0. The molecule has 1 saturated carbocycles. The normalized spacial score (nSPS) is 19.0. The van der Waals surface area contributed by atoms with Crippen molar-refractivity contribution in [2.45, 2.75) is 31.0 Å². The average Bonchev–Trinajstić information content (AvgIpc) is 3.25. The van der Waals surface area contributed by atoms with Gasteiger partial charge in [0.2, 0.25) is 0 Å². The highest BCUT2D eigenvalue weighted by atomic mass is 16.5. The highest BCUT2D eigenvalue weighted by Gasteiger charge is 2.60. The minimum Gasteiger partial charge on any atom is -0.361 e. The number of carbonyl (C=O) groups excluding carboxylic acids is 1. The van der Waals surface area contributed by atoms with Crippen molar-refractivity contribution in [1.82, 2.24) is 14.7 Å². The van der Waals surface area contributed by atoms with Crippen LogP contribution in [0.2, 0.25) is 0 Å². The van der Waals surface area contributed by atoms with E-state index in [0.717, 1.165) is 29.7 Å². The van der Waals surface area contributed by atoms with Crippen LogP contribution in [0.3, 0.4) is 0 Å². The SMILES string of the molecule is C=C/C=C\CC(OC)N1C(=O)N(c2ccc(-c3cnn(C)c3)cc2)CC12CC2. The number of aromatic nitrogens is 2. The first-order chi connectivity index (χ1) is 13.6. The van der Waals surface area contributed by atoms with Gasteiger partial charge in [0, 0.05) is 38.0 Å². The van der Waals surface area contributed by atoms with E-state index in [-0.39, 0.29) is 17.8 Å². The van der Waals surface area contributed by atoms with Gasteiger partial charge in [-0.2, -0.15) is 5.10 Å². The average molecular weight is 378 g/mol. The molecule has 6 nitrogen and oxygen atoms in total. The largest absolute Gasteiger partial charge is 0.361 e. The molecule has 2 amide bonds. The van der Waals surface area contributed by atoms with Crippen molar-refractivity contribution in [3.05, 3.63) is 61.5 Å². The van der Waals surface area contributed by atoms with Gasteiger partial charge in [0.15, 0.2) is 0 Å². The molecule has 1 saturated heterocycles. The Kier molecular flexibility index (Phi) is 4.81. The molecule has 2 aromatic rings. The lowest BCUT2D eigenvalue weighted by Gasteiger charge is -2.30. The minimum absolute atomic E-state index is 0.0190. The van der Waals surface area contributed by atoms with Crippen LogP contribution < -0.4 is 4.90 Å². The summed E-state index contributed by atoms with van der Waals surface area (Å²) in [6, 6.07) is 8.13. The van der Waals surface area contributed by atoms with Gasteiger partial charge >= 0.3 is 6.03 Å². The summed E-state index contributed by atoms with van der Waals surface area (Å²) in [6.45, 7) is 4.41. The number of hydrogen-bond acceptors (Lipinski definition) is 3. The standard InChI is InChI=1S/C22H26N4O2/c1-4-5-6-7-20(28-3)26-21(27)25(16-22(26)12-13-22)19-10-8-17(9-11-19)18-14-23-24(2)15-18/h4-6,8-11,14-15,20H,1,7,12-13,16H2,2-3H3/b6-5-. The molecule has 1 aromatic carbocycles. The fraction of sp³-hybridized carbons (Fsp3) is 0.364. The van der Waals surface area contributed by atoms with Crippen LogP contribution in [0.1, 0.15) is 19.3 Å². The Balaban J connectivity index is 1.55. The quantitative estimate of drug-likeness (QED) is 0.685. The van der Waals surface area contributed by atoms with E-state index >= 15 is 0 Å². The van der Waals surface area contributed by atoms with E-state index < -0.39 is 0 Å². The third kappa shape index (κ3) is 3.24. The molecule has 0 radical (unpaired) electrons. The molecule has 6 heteroatoms. The number of aryl methyl sites for hydroxylation is 1. The monoisotopic (exact) mass is 378 g/mol. The Morgan fingerprint density at radius 3 is 2.61 bits per heavy atom. The second kappa shape index (κ2) is 7.28. The summed E-state index contributed by atoms with van der Waals surface area (Å²) in [5, 5.41) is 4.22. The molecule has 2 heterocycles. The van der Waals surface area contributed by atoms with Gasteiger partial charge in [0.25, 0.3) is 0 Å². The number of ether oxygens (including phenoxy) is 1. The predicted molar refractivity (Wildman–Crippen MR) is 110 cm³/mol. The van der Waals surface area contributed by atoms with Crippen LogP contribution in [-0.4, -0.2) is 46.1 Å². The zero-order valence-electron chi connectivity index (χ0n) is 16.4. The van der Waals surface area contributed by atoms with Crippen molar-refractivity contribution >= 4 is 11.7 Å². The highest BCUT2D eigenvalue weighted by molar-refractivity contribution is 5.96. The van der Waals surface area contributed by atoms with E-state index in [2.05, 4.69) is 11.7 Å². The van der Waals surface area contributed by atoms with E-state index in [9.17, 15) is 4.79 Å². The summed E-state index contributed by atoms with van der Waals surface area (Å²) >= 11 is 0. The third-order valence-electron chi connectivity index (χ3n) is 5.61. The first kappa shape index (κ1) is 18.5. The van der Waals surface area contributed by atoms with Crippen molar-refractivity contribution in [1.29, 1.82) is 0 Å². The minimum atomic E-state index is -0.258. The van der Waals surface area contributed by atoms with Crippen molar-refractivity contribution in [2.75, 3.05) is 18.6 Å². The lowest BCUT2D eigenvalue weighted by Crippen LogP contribution is -2.45. The van der Waals surface area contributed by atoms with Gasteiger partial charge in [0.05, 0.1) is 18.3 Å². The van der Waals surface area contributed by atoms with Crippen LogP contribution in [-0.2, 0) is 11.8 Å². The molecule has 1 atom stereocenters. The number of methoxy groups -OCH3 is 1. The fourth-order valence-electron chi connectivity index (χ4n) is 3.95. The second-order valence-corrected chi connectivity index (χ2v) is 7.50. The summed E-state index contributed by atoms with van der Waals surface area (Å²) in [7, 11) is 3.57. The molecule has 4 rings (SSSR count). The number of anilines is 1. The van der Waals surface area contributed by atoms with E-state index in [1.165, 1.54) is 0 Å². The Morgan fingerprint density at radius 1 is 1.29 bits per heavy atom. The van der Waals surface area contributed by atoms with Gasteiger partial charge < -0.3 is 4.74 Å². The van der Waals surface area contributed by atoms with Crippen LogP contribution in [0.5, 0.6) is 0 Å². The van der Waals surface area contributed by atoms with Gasteiger partial charge in [-0.15, -0.1) is 0 Å². The zero-order chi connectivity index (χ0) is 19.7. The van der Waals surface area contributed by atoms with Gasteiger partial charge in [-0.25, -0.2) is 4.79 Å². The number of carbonyl (C=O) groups is 1. The predicted octanol–water partition coefficient (Wildman–Crippen LogP) is 3.97. The summed E-state index contributed by atoms with van der Waals surface area (Å²) in [6.07, 6.45) is 11.9. The van der Waals surface area contributed by atoms with Crippen LogP contribution in [0.4, 0.5) is 10.5 Å². The van der Waals surface area contributed by atoms with E-state index in [0.29, 0.717) is 13.0 Å². The lowest BCUT2D eigenvalue weighted by atomic mass is 10.1. The number of rotatable bonds is 7. The Labute approximate surface area is 165 Å². The number of allylic oxidation sites excluding steroid dienone is 2. The van der Waals surface area contributed by atoms with Crippen LogP contribution in [0, 0.1) is 0 Å². The molecule has 1 aliphatic carbocycles. The summed E-state index contributed by atoms with van der Waals surface area (Å²) < 4.78 is 7.46. The first-order valence-corrected chi connectivity index (χ1v) is 9.58. The molecule has 1 aliphatic heterocycles. The molecule has 1 aromatic heterocycles. The van der Waals surface area contributed by atoms with Gasteiger partial charge in [0.1, 0.15) is 6.23 Å². The summed E-state index contributed by atoms with van der Waals surface area (Å²) in [5.41, 5.74) is 2.98. The molecule has 0 N–H and O–H groups in total. The second-order valence-electron chi connectivity index (χ2n) is 7.50. The summed E-state index contributed by atoms with van der Waals surface area (Å²) in [4.78, 5) is 17.1. The maximum absolute atomic E-state index is 13.3. The maximum Gasteiger partial charge on any atom is 0.327 e. The number of hydrogen-bond donors (Lipinski definition) is 0. The highest BCUT2D eigenvalue weighted by Crippen LogP contribution is 2.49.